The molecule has 0 spiro atoms. The molecule has 0 radical (unpaired) electrons. The average molecular weight is 250 g/mol. The van der Waals surface area contributed by atoms with Crippen LogP contribution >= 0.6 is 0 Å². The summed E-state index contributed by atoms with van der Waals surface area (Å²) in [6.45, 7) is 5.08. The maximum Gasteiger partial charge on any atom is 0.0627 e. The molecule has 3 aliphatic rings. The molecule has 3 heterocycles. The van der Waals surface area contributed by atoms with Crippen LogP contribution in [0.15, 0.2) is 0 Å². The quantitative estimate of drug-likeness (QED) is 0.703. The zero-order chi connectivity index (χ0) is 12.4. The number of fused-ring (bicyclic) bond motifs is 3. The zero-order valence-electron chi connectivity index (χ0n) is 12.1. The Labute approximate surface area is 113 Å². The Morgan fingerprint density at radius 3 is 2.72 bits per heavy atom. The smallest absolute Gasteiger partial charge is 0.0627 e. The highest BCUT2D eigenvalue weighted by atomic mass is 15.4. The van der Waals surface area contributed by atoms with Crippen molar-refractivity contribution in [1.82, 2.24) is 9.80 Å². The highest BCUT2D eigenvalue weighted by molar-refractivity contribution is 4.96. The van der Waals surface area contributed by atoms with E-state index in [9.17, 15) is 0 Å². The lowest BCUT2D eigenvalue weighted by Crippen LogP contribution is -2.60. The van der Waals surface area contributed by atoms with Gasteiger partial charge in [-0.05, 0) is 45.1 Å². The van der Waals surface area contributed by atoms with Gasteiger partial charge in [-0.25, -0.2) is 0 Å². The minimum absolute atomic E-state index is 0.829. The van der Waals surface area contributed by atoms with Crippen LogP contribution in [-0.2, 0) is 0 Å². The molecule has 3 saturated heterocycles. The molecule has 3 fully saturated rings. The third kappa shape index (κ3) is 2.46. The second kappa shape index (κ2) is 5.92. The predicted molar refractivity (Wildman–Crippen MR) is 76.6 cm³/mol. The Morgan fingerprint density at radius 2 is 1.83 bits per heavy atom. The molecule has 2 heteroatoms. The standard InChI is InChI=1S/C16H30N2/c1-2-3-4-8-14-13-15-9-5-6-11-17(15)16-10-7-12-18(14)16/h14-16H,2-13H2,1H3/t14-,15+,16-/m0/s1. The molecule has 0 aromatic carbocycles. The molecule has 0 unspecified atom stereocenters. The van der Waals surface area contributed by atoms with Crippen molar-refractivity contribution in [2.45, 2.75) is 89.4 Å². The lowest BCUT2D eigenvalue weighted by atomic mass is 9.89. The summed E-state index contributed by atoms with van der Waals surface area (Å²) in [5, 5.41) is 0. The summed E-state index contributed by atoms with van der Waals surface area (Å²) in [5.41, 5.74) is 0. The Hall–Kier alpha value is -0.0800. The first-order valence-electron chi connectivity index (χ1n) is 8.41. The van der Waals surface area contributed by atoms with E-state index in [2.05, 4.69) is 16.7 Å². The van der Waals surface area contributed by atoms with Crippen molar-refractivity contribution in [3.63, 3.8) is 0 Å². The number of nitrogens with zero attached hydrogens (tertiary/aromatic N) is 2. The van der Waals surface area contributed by atoms with Crippen LogP contribution in [0.5, 0.6) is 0 Å². The molecule has 0 aliphatic carbocycles. The van der Waals surface area contributed by atoms with Crippen molar-refractivity contribution in [2.75, 3.05) is 13.1 Å². The maximum atomic E-state index is 2.87. The van der Waals surface area contributed by atoms with E-state index in [1.165, 1.54) is 77.3 Å². The fraction of sp³-hybridized carbons (Fsp3) is 1.00. The highest BCUT2D eigenvalue weighted by Crippen LogP contribution is 2.38. The summed E-state index contributed by atoms with van der Waals surface area (Å²) < 4.78 is 0. The van der Waals surface area contributed by atoms with Crippen LogP contribution in [0.2, 0.25) is 0 Å². The van der Waals surface area contributed by atoms with E-state index in [1.807, 2.05) is 0 Å². The number of hydrogen-bond acceptors (Lipinski definition) is 2. The minimum atomic E-state index is 0.829. The van der Waals surface area contributed by atoms with Gasteiger partial charge in [-0.1, -0.05) is 32.6 Å². The molecule has 0 aromatic rings. The van der Waals surface area contributed by atoms with E-state index < -0.39 is 0 Å². The van der Waals surface area contributed by atoms with Gasteiger partial charge in [0.05, 0.1) is 6.17 Å². The minimum Gasteiger partial charge on any atom is -0.285 e. The van der Waals surface area contributed by atoms with E-state index in [0.717, 1.165) is 18.2 Å². The fourth-order valence-electron chi connectivity index (χ4n) is 4.58. The van der Waals surface area contributed by atoms with Crippen molar-refractivity contribution in [3.05, 3.63) is 0 Å². The van der Waals surface area contributed by atoms with Gasteiger partial charge < -0.3 is 0 Å². The van der Waals surface area contributed by atoms with Gasteiger partial charge in [-0.15, -0.1) is 0 Å². The van der Waals surface area contributed by atoms with Crippen molar-refractivity contribution >= 4 is 0 Å². The molecule has 0 saturated carbocycles. The molecular formula is C16H30N2. The monoisotopic (exact) mass is 250 g/mol. The van der Waals surface area contributed by atoms with Gasteiger partial charge in [0.15, 0.2) is 0 Å². The predicted octanol–water partition coefficient (Wildman–Crippen LogP) is 3.62. The fourth-order valence-corrected chi connectivity index (χ4v) is 4.58. The van der Waals surface area contributed by atoms with Crippen molar-refractivity contribution in [3.8, 4) is 0 Å². The molecule has 104 valence electrons. The van der Waals surface area contributed by atoms with Crippen LogP contribution in [0.25, 0.3) is 0 Å². The van der Waals surface area contributed by atoms with Gasteiger partial charge in [-0.2, -0.15) is 0 Å². The Balaban J connectivity index is 1.64. The number of rotatable bonds is 4. The Kier molecular flexibility index (Phi) is 4.25. The lowest BCUT2D eigenvalue weighted by molar-refractivity contribution is -0.0611. The molecule has 18 heavy (non-hydrogen) atoms. The van der Waals surface area contributed by atoms with E-state index in [4.69, 9.17) is 0 Å². The molecule has 0 bridgehead atoms. The second-order valence-electron chi connectivity index (χ2n) is 6.63. The van der Waals surface area contributed by atoms with Gasteiger partial charge in [0, 0.05) is 18.6 Å². The molecule has 0 amide bonds. The molecule has 3 aliphatic heterocycles. The molecule has 2 nitrogen and oxygen atoms in total. The first kappa shape index (κ1) is 12.9. The molecular weight excluding hydrogens is 220 g/mol. The summed E-state index contributed by atoms with van der Waals surface area (Å²) in [6.07, 6.45) is 15.3. The average Bonchev–Trinajstić information content (AvgIpc) is 2.89. The Morgan fingerprint density at radius 1 is 0.944 bits per heavy atom. The third-order valence-electron chi connectivity index (χ3n) is 5.47. The van der Waals surface area contributed by atoms with Crippen LogP contribution in [0.3, 0.4) is 0 Å². The second-order valence-corrected chi connectivity index (χ2v) is 6.63. The van der Waals surface area contributed by atoms with Crippen LogP contribution in [0.4, 0.5) is 0 Å². The van der Waals surface area contributed by atoms with Crippen LogP contribution in [0, 0.1) is 0 Å². The number of unbranched alkanes of at least 4 members (excludes halogenated alkanes) is 2. The van der Waals surface area contributed by atoms with Crippen molar-refractivity contribution < 1.29 is 0 Å². The Bertz CT molecular complexity index is 266. The van der Waals surface area contributed by atoms with Crippen molar-refractivity contribution in [1.29, 1.82) is 0 Å². The summed E-state index contributed by atoms with van der Waals surface area (Å²) in [7, 11) is 0. The maximum absolute atomic E-state index is 2.87. The molecule has 0 aromatic heterocycles. The first-order chi connectivity index (χ1) is 8.90. The van der Waals surface area contributed by atoms with Crippen molar-refractivity contribution in [2.24, 2.45) is 0 Å². The molecule has 0 N–H and O–H groups in total. The first-order valence-corrected chi connectivity index (χ1v) is 8.41. The largest absolute Gasteiger partial charge is 0.285 e. The van der Waals surface area contributed by atoms with E-state index >= 15 is 0 Å². The van der Waals surface area contributed by atoms with E-state index in [-0.39, 0.29) is 0 Å². The number of hydrogen-bond donors (Lipinski definition) is 0. The van der Waals surface area contributed by atoms with Gasteiger partial charge in [0.25, 0.3) is 0 Å². The van der Waals surface area contributed by atoms with Crippen LogP contribution in [0.1, 0.15) is 71.1 Å². The van der Waals surface area contributed by atoms with Gasteiger partial charge in [-0.3, -0.25) is 9.80 Å². The summed E-state index contributed by atoms with van der Waals surface area (Å²) in [6, 6.07) is 1.85. The lowest BCUT2D eigenvalue weighted by Gasteiger charge is -2.51. The molecule has 3 rings (SSSR count). The summed E-state index contributed by atoms with van der Waals surface area (Å²) in [5.74, 6) is 0. The van der Waals surface area contributed by atoms with Gasteiger partial charge in [0.2, 0.25) is 0 Å². The normalized spacial score (nSPS) is 37.5. The molecule has 3 atom stereocenters. The zero-order valence-corrected chi connectivity index (χ0v) is 12.1. The van der Waals surface area contributed by atoms with Gasteiger partial charge >= 0.3 is 0 Å². The van der Waals surface area contributed by atoms with E-state index in [0.29, 0.717) is 0 Å². The SMILES string of the molecule is CCCCC[C@H]1C[C@H]2CCCCN2[C@@H]2CCCN12. The topological polar surface area (TPSA) is 6.48 Å². The third-order valence-corrected chi connectivity index (χ3v) is 5.47. The highest BCUT2D eigenvalue weighted by Gasteiger charge is 2.43. The van der Waals surface area contributed by atoms with Gasteiger partial charge in [0.1, 0.15) is 0 Å². The summed E-state index contributed by atoms with van der Waals surface area (Å²) >= 11 is 0. The van der Waals surface area contributed by atoms with E-state index in [1.54, 1.807) is 0 Å². The summed E-state index contributed by atoms with van der Waals surface area (Å²) in [4.78, 5) is 5.74. The van der Waals surface area contributed by atoms with Crippen LogP contribution < -0.4 is 0 Å². The number of piperidine rings is 1. The van der Waals surface area contributed by atoms with Crippen LogP contribution in [-0.4, -0.2) is 41.1 Å².